The molecule has 0 aromatic heterocycles. The smallest absolute Gasteiger partial charge is 0.305 e. The van der Waals surface area contributed by atoms with Crippen molar-refractivity contribution in [2.75, 3.05) is 19.7 Å². The Balaban J connectivity index is 1.93. The Morgan fingerprint density at radius 1 is 1.29 bits per heavy atom. The number of ether oxygens (including phenoxy) is 1. The molecule has 0 bridgehead atoms. The van der Waals surface area contributed by atoms with E-state index in [1.54, 1.807) is 24.0 Å². The molecule has 2 atom stereocenters. The highest BCUT2D eigenvalue weighted by Gasteiger charge is 2.36. The molecule has 2 unspecified atom stereocenters. The van der Waals surface area contributed by atoms with Crippen molar-refractivity contribution in [2.45, 2.75) is 45.6 Å². The van der Waals surface area contributed by atoms with E-state index in [0.717, 1.165) is 6.42 Å². The third-order valence-electron chi connectivity index (χ3n) is 5.45. The number of piperidine rings is 1. The summed E-state index contributed by atoms with van der Waals surface area (Å²) in [5, 5.41) is 12.1. The normalized spacial score (nSPS) is 19.0. The lowest BCUT2D eigenvalue weighted by atomic mass is 9.84. The highest BCUT2D eigenvalue weighted by atomic mass is 16.5. The van der Waals surface area contributed by atoms with Gasteiger partial charge < -0.3 is 20.1 Å². The molecule has 2 rings (SSSR count). The maximum absolute atomic E-state index is 12.8. The first-order valence-corrected chi connectivity index (χ1v) is 9.70. The van der Waals surface area contributed by atoms with E-state index in [-0.39, 0.29) is 36.7 Å². The third-order valence-corrected chi connectivity index (χ3v) is 5.45. The Bertz CT molecular complexity index is 691. The Labute approximate surface area is 166 Å². The number of carbonyl (C=O) groups is 3. The number of nitrogens with one attached hydrogen (secondary N) is 1. The maximum Gasteiger partial charge on any atom is 0.305 e. The molecule has 1 saturated heterocycles. The number of nitrogens with zero attached hydrogens (tertiary/aromatic N) is 1. The summed E-state index contributed by atoms with van der Waals surface area (Å²) in [6.07, 6.45) is 1.26. The molecule has 1 aliphatic heterocycles. The predicted octanol–water partition coefficient (Wildman–Crippen LogP) is 2.31. The molecule has 1 aromatic rings. The topological polar surface area (TPSA) is 95.9 Å². The number of carboxylic acids is 1. The number of likely N-dealkylation sites (tertiary alicyclic amines) is 1. The second-order valence-corrected chi connectivity index (χ2v) is 7.91. The average Bonchev–Trinajstić information content (AvgIpc) is 2.66. The Kier molecular flexibility index (Phi) is 7.43. The number of hydrogen-bond acceptors (Lipinski definition) is 4. The van der Waals surface area contributed by atoms with E-state index in [1.807, 2.05) is 32.0 Å². The van der Waals surface area contributed by atoms with Crippen molar-refractivity contribution in [2.24, 2.45) is 11.8 Å². The first-order chi connectivity index (χ1) is 13.2. The van der Waals surface area contributed by atoms with Crippen LogP contribution in [-0.4, -0.2) is 53.0 Å². The maximum atomic E-state index is 12.8. The number of aliphatic carboxylic acids is 1. The van der Waals surface area contributed by atoms with Crippen molar-refractivity contribution in [3.63, 3.8) is 0 Å². The second kappa shape index (κ2) is 9.57. The minimum absolute atomic E-state index is 0.0341. The van der Waals surface area contributed by atoms with E-state index < -0.39 is 11.5 Å². The van der Waals surface area contributed by atoms with Gasteiger partial charge in [0.25, 0.3) is 5.91 Å². The summed E-state index contributed by atoms with van der Waals surface area (Å²) in [4.78, 5) is 38.1. The first-order valence-electron chi connectivity index (χ1n) is 9.70. The summed E-state index contributed by atoms with van der Waals surface area (Å²) in [5.74, 6) is -1.05. The number of benzene rings is 1. The van der Waals surface area contributed by atoms with Crippen LogP contribution >= 0.6 is 0 Å². The zero-order valence-corrected chi connectivity index (χ0v) is 16.8. The Morgan fingerprint density at radius 3 is 2.57 bits per heavy atom. The van der Waals surface area contributed by atoms with Crippen LogP contribution in [0, 0.1) is 11.8 Å². The highest BCUT2D eigenvalue weighted by Crippen LogP contribution is 2.24. The van der Waals surface area contributed by atoms with Crippen LogP contribution in [0.25, 0.3) is 0 Å². The van der Waals surface area contributed by atoms with Crippen molar-refractivity contribution in [1.82, 2.24) is 10.2 Å². The summed E-state index contributed by atoms with van der Waals surface area (Å²) < 4.78 is 5.52. The largest absolute Gasteiger partial charge is 0.484 e. The minimum Gasteiger partial charge on any atom is -0.484 e. The molecule has 0 radical (unpaired) electrons. The van der Waals surface area contributed by atoms with Gasteiger partial charge in [-0.05, 0) is 37.8 Å². The van der Waals surface area contributed by atoms with Gasteiger partial charge in [0.1, 0.15) is 5.75 Å². The van der Waals surface area contributed by atoms with Gasteiger partial charge in [-0.3, -0.25) is 14.4 Å². The van der Waals surface area contributed by atoms with Gasteiger partial charge in [-0.2, -0.15) is 0 Å². The predicted molar refractivity (Wildman–Crippen MR) is 105 cm³/mol. The summed E-state index contributed by atoms with van der Waals surface area (Å²) in [6.45, 7) is 6.38. The zero-order chi connectivity index (χ0) is 20.7. The molecule has 7 nitrogen and oxygen atoms in total. The van der Waals surface area contributed by atoms with Crippen LogP contribution < -0.4 is 10.1 Å². The van der Waals surface area contributed by atoms with Crippen LogP contribution in [0.2, 0.25) is 0 Å². The number of carboxylic acid groups (broad SMARTS) is 1. The molecule has 28 heavy (non-hydrogen) atoms. The molecule has 154 valence electrons. The number of carbonyl (C=O) groups excluding carboxylic acids is 2. The lowest BCUT2D eigenvalue weighted by Gasteiger charge is -2.37. The number of amides is 2. The van der Waals surface area contributed by atoms with Crippen LogP contribution in [0.4, 0.5) is 0 Å². The monoisotopic (exact) mass is 390 g/mol. The number of para-hydroxylation sites is 1. The highest BCUT2D eigenvalue weighted by molar-refractivity contribution is 5.83. The molecule has 1 fully saturated rings. The van der Waals surface area contributed by atoms with Crippen molar-refractivity contribution in [3.8, 4) is 5.75 Å². The van der Waals surface area contributed by atoms with Crippen molar-refractivity contribution < 1.29 is 24.2 Å². The zero-order valence-electron chi connectivity index (χ0n) is 16.8. The summed E-state index contributed by atoms with van der Waals surface area (Å²) in [5.41, 5.74) is -0.828. The molecule has 2 N–H and O–H groups in total. The molecule has 0 saturated carbocycles. The van der Waals surface area contributed by atoms with Gasteiger partial charge in [-0.15, -0.1) is 0 Å². The number of hydrogen-bond donors (Lipinski definition) is 2. The van der Waals surface area contributed by atoms with Gasteiger partial charge in [0.2, 0.25) is 5.91 Å². The van der Waals surface area contributed by atoms with Crippen molar-refractivity contribution in [3.05, 3.63) is 30.3 Å². The standard InChI is InChI=1S/C21H30N2O5/c1-15(2)21(3,12-19(25)26)22-20(27)16-8-7-11-23(13-16)18(24)14-28-17-9-5-4-6-10-17/h4-6,9-10,15-16H,7-8,11-14H2,1-3H3,(H,22,27)(H,25,26). The van der Waals surface area contributed by atoms with E-state index in [9.17, 15) is 19.5 Å². The van der Waals surface area contributed by atoms with E-state index in [2.05, 4.69) is 5.32 Å². The van der Waals surface area contributed by atoms with E-state index >= 15 is 0 Å². The summed E-state index contributed by atoms with van der Waals surface area (Å²) in [7, 11) is 0. The summed E-state index contributed by atoms with van der Waals surface area (Å²) >= 11 is 0. The molecule has 7 heteroatoms. The van der Waals surface area contributed by atoms with Gasteiger partial charge in [-0.25, -0.2) is 0 Å². The fourth-order valence-corrected chi connectivity index (χ4v) is 3.26. The Morgan fingerprint density at radius 2 is 1.96 bits per heavy atom. The second-order valence-electron chi connectivity index (χ2n) is 7.91. The molecule has 0 aliphatic carbocycles. The van der Waals surface area contributed by atoms with Crippen molar-refractivity contribution >= 4 is 17.8 Å². The van der Waals surface area contributed by atoms with E-state index in [1.165, 1.54) is 0 Å². The Hall–Kier alpha value is -2.57. The first kappa shape index (κ1) is 21.7. The minimum atomic E-state index is -0.949. The average molecular weight is 390 g/mol. The quantitative estimate of drug-likeness (QED) is 0.710. The lowest BCUT2D eigenvalue weighted by molar-refractivity contribution is -0.140. The molecular weight excluding hydrogens is 360 g/mol. The van der Waals surface area contributed by atoms with Gasteiger partial charge >= 0.3 is 5.97 Å². The van der Waals surface area contributed by atoms with E-state index in [0.29, 0.717) is 25.3 Å². The molecule has 1 aliphatic rings. The third kappa shape index (κ3) is 5.97. The SMILES string of the molecule is CC(C)C(C)(CC(=O)O)NC(=O)C1CCCN(C(=O)COc2ccccc2)C1. The summed E-state index contributed by atoms with van der Waals surface area (Å²) in [6, 6.07) is 9.12. The molecule has 1 heterocycles. The fraction of sp³-hybridized carbons (Fsp3) is 0.571. The number of rotatable bonds is 8. The van der Waals surface area contributed by atoms with Gasteiger partial charge in [-0.1, -0.05) is 32.0 Å². The molecule has 0 spiro atoms. The van der Waals surface area contributed by atoms with Crippen LogP contribution in [0.15, 0.2) is 30.3 Å². The van der Waals surface area contributed by atoms with Gasteiger partial charge in [0.15, 0.2) is 6.61 Å². The van der Waals surface area contributed by atoms with Gasteiger partial charge in [0.05, 0.1) is 12.3 Å². The van der Waals surface area contributed by atoms with E-state index in [4.69, 9.17) is 4.74 Å². The van der Waals surface area contributed by atoms with Crippen molar-refractivity contribution in [1.29, 1.82) is 0 Å². The van der Waals surface area contributed by atoms with Crippen LogP contribution in [0.5, 0.6) is 5.75 Å². The molecular formula is C21H30N2O5. The van der Waals surface area contributed by atoms with Gasteiger partial charge in [0, 0.05) is 18.6 Å². The van der Waals surface area contributed by atoms with Crippen LogP contribution in [0.1, 0.15) is 40.0 Å². The lowest BCUT2D eigenvalue weighted by Crippen LogP contribution is -2.55. The molecule has 2 amide bonds. The molecule has 1 aromatic carbocycles. The van der Waals surface area contributed by atoms with Crippen LogP contribution in [-0.2, 0) is 14.4 Å². The van der Waals surface area contributed by atoms with Crippen LogP contribution in [0.3, 0.4) is 0 Å². The fourth-order valence-electron chi connectivity index (χ4n) is 3.26.